The third-order valence-corrected chi connectivity index (χ3v) is 5.34. The van der Waals surface area contributed by atoms with Crippen LogP contribution in [0.25, 0.3) is 0 Å². The Morgan fingerprint density at radius 3 is 2.52 bits per heavy atom. The fourth-order valence-corrected chi connectivity index (χ4v) is 3.75. The maximum atomic E-state index is 13.3. The van der Waals surface area contributed by atoms with Crippen molar-refractivity contribution in [2.24, 2.45) is 5.73 Å². The number of halogens is 3. The van der Waals surface area contributed by atoms with E-state index in [2.05, 4.69) is 4.90 Å². The molecular weight excluding hydrogens is 388 g/mol. The van der Waals surface area contributed by atoms with E-state index in [0.717, 1.165) is 24.2 Å². The molecule has 0 radical (unpaired) electrons. The van der Waals surface area contributed by atoms with Crippen LogP contribution in [0.1, 0.15) is 11.1 Å². The van der Waals surface area contributed by atoms with E-state index in [4.69, 9.17) is 28.9 Å². The van der Waals surface area contributed by atoms with Crippen LogP contribution in [0.4, 0.5) is 4.39 Å². The minimum atomic E-state index is -0.640. The number of amides is 1. The fraction of sp³-hybridized carbons (Fsp3) is 0.350. The van der Waals surface area contributed by atoms with Crippen molar-refractivity contribution >= 4 is 29.1 Å². The van der Waals surface area contributed by atoms with Crippen LogP contribution < -0.4 is 5.73 Å². The molecule has 1 aliphatic heterocycles. The highest BCUT2D eigenvalue weighted by atomic mass is 35.5. The number of rotatable bonds is 5. The Hall–Kier alpha value is -1.66. The van der Waals surface area contributed by atoms with Crippen LogP contribution in [0.15, 0.2) is 42.5 Å². The second-order valence-corrected chi connectivity index (χ2v) is 7.62. The van der Waals surface area contributed by atoms with Crippen LogP contribution in [0.5, 0.6) is 0 Å². The Labute approximate surface area is 168 Å². The first-order valence-electron chi connectivity index (χ1n) is 8.87. The van der Waals surface area contributed by atoms with Crippen LogP contribution >= 0.6 is 23.2 Å². The number of nitrogens with two attached hydrogens (primary N) is 1. The molecular formula is C20H22Cl2FN3O. The van der Waals surface area contributed by atoms with Crippen LogP contribution in [0.3, 0.4) is 0 Å². The molecule has 0 aromatic heterocycles. The van der Waals surface area contributed by atoms with Gasteiger partial charge in [0.2, 0.25) is 5.91 Å². The largest absolute Gasteiger partial charge is 0.339 e. The van der Waals surface area contributed by atoms with Gasteiger partial charge in [0.1, 0.15) is 5.82 Å². The third kappa shape index (κ3) is 5.42. The molecule has 1 unspecified atom stereocenters. The average Bonchev–Trinajstić information content (AvgIpc) is 2.64. The lowest BCUT2D eigenvalue weighted by Gasteiger charge is -2.36. The minimum Gasteiger partial charge on any atom is -0.339 e. The highest BCUT2D eigenvalue weighted by Gasteiger charge is 2.26. The van der Waals surface area contributed by atoms with Crippen molar-refractivity contribution in [3.05, 3.63) is 69.5 Å². The van der Waals surface area contributed by atoms with Crippen molar-refractivity contribution in [2.45, 2.75) is 19.0 Å². The van der Waals surface area contributed by atoms with Gasteiger partial charge in [-0.05, 0) is 41.8 Å². The Kier molecular flexibility index (Phi) is 6.71. The smallest absolute Gasteiger partial charge is 0.239 e. The van der Waals surface area contributed by atoms with Crippen molar-refractivity contribution in [1.29, 1.82) is 0 Å². The van der Waals surface area contributed by atoms with Gasteiger partial charge in [0.25, 0.3) is 0 Å². The topological polar surface area (TPSA) is 49.6 Å². The molecule has 0 spiro atoms. The van der Waals surface area contributed by atoms with E-state index in [1.165, 1.54) is 6.07 Å². The van der Waals surface area contributed by atoms with Gasteiger partial charge in [-0.25, -0.2) is 4.39 Å². The number of carbonyl (C=O) groups excluding carboxylic acids is 1. The normalized spacial score (nSPS) is 16.4. The van der Waals surface area contributed by atoms with E-state index in [1.54, 1.807) is 35.2 Å². The second kappa shape index (κ2) is 9.02. The highest BCUT2D eigenvalue weighted by molar-refractivity contribution is 6.35. The molecule has 2 N–H and O–H groups in total. The molecule has 2 aromatic rings. The zero-order chi connectivity index (χ0) is 19.4. The van der Waals surface area contributed by atoms with Gasteiger partial charge in [0.15, 0.2) is 0 Å². The summed E-state index contributed by atoms with van der Waals surface area (Å²) in [7, 11) is 0. The highest BCUT2D eigenvalue weighted by Crippen LogP contribution is 2.22. The van der Waals surface area contributed by atoms with E-state index < -0.39 is 6.04 Å². The molecule has 0 aliphatic carbocycles. The summed E-state index contributed by atoms with van der Waals surface area (Å²) in [6, 6.07) is 11.2. The monoisotopic (exact) mass is 409 g/mol. The van der Waals surface area contributed by atoms with Crippen molar-refractivity contribution in [1.82, 2.24) is 9.80 Å². The van der Waals surface area contributed by atoms with Crippen molar-refractivity contribution < 1.29 is 9.18 Å². The van der Waals surface area contributed by atoms with Gasteiger partial charge < -0.3 is 10.6 Å². The summed E-state index contributed by atoms with van der Waals surface area (Å²) in [4.78, 5) is 16.7. The molecule has 1 aliphatic rings. The van der Waals surface area contributed by atoms with Crippen LogP contribution in [-0.2, 0) is 17.8 Å². The van der Waals surface area contributed by atoms with E-state index in [9.17, 15) is 9.18 Å². The molecule has 1 amide bonds. The van der Waals surface area contributed by atoms with Gasteiger partial charge in [-0.15, -0.1) is 0 Å². The van der Waals surface area contributed by atoms with Gasteiger partial charge in [0.05, 0.1) is 6.04 Å². The Balaban J connectivity index is 1.51. The van der Waals surface area contributed by atoms with Crippen LogP contribution in [-0.4, -0.2) is 47.9 Å². The summed E-state index contributed by atoms with van der Waals surface area (Å²) in [6.07, 6.45) is 0.373. The summed E-state index contributed by atoms with van der Waals surface area (Å²) < 4.78 is 13.3. The first-order valence-corrected chi connectivity index (χ1v) is 9.63. The Morgan fingerprint density at radius 2 is 1.85 bits per heavy atom. The second-order valence-electron chi connectivity index (χ2n) is 6.78. The van der Waals surface area contributed by atoms with Gasteiger partial charge in [-0.1, -0.05) is 41.4 Å². The number of nitrogens with zero attached hydrogens (tertiary/aromatic N) is 2. The molecule has 1 heterocycles. The number of carbonyl (C=O) groups is 1. The summed E-state index contributed by atoms with van der Waals surface area (Å²) >= 11 is 12.1. The molecule has 4 nitrogen and oxygen atoms in total. The van der Waals surface area contributed by atoms with Crippen molar-refractivity contribution in [3.8, 4) is 0 Å². The average molecular weight is 410 g/mol. The molecule has 144 valence electrons. The van der Waals surface area contributed by atoms with Crippen LogP contribution in [0, 0.1) is 5.82 Å². The molecule has 27 heavy (non-hydrogen) atoms. The molecule has 2 aromatic carbocycles. The van der Waals surface area contributed by atoms with Gasteiger partial charge in [0, 0.05) is 42.8 Å². The van der Waals surface area contributed by atoms with Gasteiger partial charge in [-0.3, -0.25) is 9.69 Å². The summed E-state index contributed by atoms with van der Waals surface area (Å²) in [6.45, 7) is 3.35. The summed E-state index contributed by atoms with van der Waals surface area (Å²) in [5, 5.41) is 1.07. The quantitative estimate of drug-likeness (QED) is 0.823. The first kappa shape index (κ1) is 20.1. The lowest BCUT2D eigenvalue weighted by atomic mass is 10.0. The van der Waals surface area contributed by atoms with E-state index in [1.807, 2.05) is 6.07 Å². The van der Waals surface area contributed by atoms with E-state index >= 15 is 0 Å². The van der Waals surface area contributed by atoms with E-state index in [0.29, 0.717) is 36.1 Å². The first-order chi connectivity index (χ1) is 12.9. The zero-order valence-corrected chi connectivity index (χ0v) is 16.4. The summed E-state index contributed by atoms with van der Waals surface area (Å²) in [5.41, 5.74) is 7.87. The maximum Gasteiger partial charge on any atom is 0.239 e. The maximum absolute atomic E-state index is 13.3. The number of hydrogen-bond acceptors (Lipinski definition) is 3. The Bertz CT molecular complexity index is 810. The Morgan fingerprint density at radius 1 is 1.11 bits per heavy atom. The molecule has 3 rings (SSSR count). The van der Waals surface area contributed by atoms with E-state index in [-0.39, 0.29) is 11.7 Å². The minimum absolute atomic E-state index is 0.0774. The van der Waals surface area contributed by atoms with Crippen molar-refractivity contribution in [2.75, 3.05) is 26.2 Å². The molecule has 1 saturated heterocycles. The SMILES string of the molecule is NC(Cc1ccc(Cl)cc1Cl)C(=O)N1CCN(Cc2cccc(F)c2)CC1. The zero-order valence-electron chi connectivity index (χ0n) is 14.9. The van der Waals surface area contributed by atoms with Gasteiger partial charge >= 0.3 is 0 Å². The predicted molar refractivity (Wildman–Crippen MR) is 106 cm³/mol. The van der Waals surface area contributed by atoms with Crippen LogP contribution in [0.2, 0.25) is 10.0 Å². The predicted octanol–water partition coefficient (Wildman–Crippen LogP) is 3.35. The molecule has 1 atom stereocenters. The number of piperazine rings is 1. The molecule has 7 heteroatoms. The van der Waals surface area contributed by atoms with Crippen molar-refractivity contribution in [3.63, 3.8) is 0 Å². The standard InChI is InChI=1S/C20H22Cl2FN3O/c21-16-5-4-15(18(22)12-16)11-19(24)20(27)26-8-6-25(7-9-26)13-14-2-1-3-17(23)10-14/h1-5,10,12,19H,6-9,11,13,24H2. The molecule has 0 bridgehead atoms. The molecule has 0 saturated carbocycles. The lowest BCUT2D eigenvalue weighted by Crippen LogP contribution is -2.53. The lowest BCUT2D eigenvalue weighted by molar-refractivity contribution is -0.134. The summed E-state index contributed by atoms with van der Waals surface area (Å²) in [5.74, 6) is -0.306. The molecule has 1 fully saturated rings. The number of hydrogen-bond donors (Lipinski definition) is 1. The third-order valence-electron chi connectivity index (χ3n) is 4.75. The number of benzene rings is 2. The fourth-order valence-electron chi connectivity index (χ4n) is 3.27. The van der Waals surface area contributed by atoms with Gasteiger partial charge in [-0.2, -0.15) is 0 Å².